The quantitative estimate of drug-likeness (QED) is 0.585. The maximum Gasteiger partial charge on any atom is 0.277 e. The number of thiazole rings is 1. The molecule has 3 aromatic rings. The van der Waals surface area contributed by atoms with Crippen LogP contribution in [0.15, 0.2) is 41.2 Å². The second-order valence-electron chi connectivity index (χ2n) is 6.96. The van der Waals surface area contributed by atoms with E-state index in [-0.39, 0.29) is 17.2 Å². The van der Waals surface area contributed by atoms with Crippen molar-refractivity contribution >= 4 is 22.4 Å². The predicted molar refractivity (Wildman–Crippen MR) is 118 cm³/mol. The van der Waals surface area contributed by atoms with Crippen LogP contribution in [0.5, 0.6) is 0 Å². The molecule has 1 amide bonds. The van der Waals surface area contributed by atoms with Gasteiger partial charge >= 0.3 is 0 Å². The molecular formula is C22H26N4O2S. The van der Waals surface area contributed by atoms with Crippen molar-refractivity contribution in [2.45, 2.75) is 53.0 Å². The van der Waals surface area contributed by atoms with Crippen molar-refractivity contribution in [1.29, 1.82) is 0 Å². The Kier molecular flexibility index (Phi) is 6.93. The van der Waals surface area contributed by atoms with E-state index in [0.29, 0.717) is 11.7 Å². The maximum absolute atomic E-state index is 12.6. The fraction of sp³-hybridized carbons (Fsp3) is 0.364. The van der Waals surface area contributed by atoms with Gasteiger partial charge in [0.2, 0.25) is 0 Å². The smallest absolute Gasteiger partial charge is 0.277 e. The molecule has 0 radical (unpaired) electrons. The van der Waals surface area contributed by atoms with E-state index in [4.69, 9.17) is 0 Å². The summed E-state index contributed by atoms with van der Waals surface area (Å²) in [7, 11) is 0. The first-order valence-electron chi connectivity index (χ1n) is 9.98. The van der Waals surface area contributed by atoms with Crippen LogP contribution >= 0.6 is 11.3 Å². The zero-order valence-electron chi connectivity index (χ0n) is 17.1. The summed E-state index contributed by atoms with van der Waals surface area (Å²) in [6.07, 6.45) is 3.96. The number of amides is 1. The molecule has 1 N–H and O–H groups in total. The Morgan fingerprint density at radius 2 is 1.86 bits per heavy atom. The number of aryl methyl sites for hydroxylation is 3. The van der Waals surface area contributed by atoms with E-state index in [1.807, 2.05) is 13.8 Å². The van der Waals surface area contributed by atoms with Crippen LogP contribution in [-0.4, -0.2) is 20.7 Å². The summed E-state index contributed by atoms with van der Waals surface area (Å²) >= 11 is 1.43. The van der Waals surface area contributed by atoms with Crippen LogP contribution in [0.25, 0.3) is 11.3 Å². The first kappa shape index (κ1) is 20.9. The molecule has 1 aromatic carbocycles. The molecule has 152 valence electrons. The summed E-state index contributed by atoms with van der Waals surface area (Å²) in [5.41, 5.74) is 3.22. The third kappa shape index (κ3) is 5.17. The first-order valence-corrected chi connectivity index (χ1v) is 10.8. The topological polar surface area (TPSA) is 76.9 Å². The van der Waals surface area contributed by atoms with Gasteiger partial charge in [-0.2, -0.15) is 5.10 Å². The van der Waals surface area contributed by atoms with Crippen LogP contribution in [0, 0.1) is 6.92 Å². The van der Waals surface area contributed by atoms with E-state index in [2.05, 4.69) is 46.6 Å². The van der Waals surface area contributed by atoms with Crippen molar-refractivity contribution in [1.82, 2.24) is 14.8 Å². The number of hydrogen-bond acceptors (Lipinski definition) is 5. The lowest BCUT2D eigenvalue weighted by atomic mass is 10.1. The Hall–Kier alpha value is -2.80. The molecule has 0 spiro atoms. The molecule has 0 aliphatic carbocycles. The second kappa shape index (κ2) is 9.60. The number of rotatable bonds is 8. The lowest BCUT2D eigenvalue weighted by Crippen LogP contribution is -2.26. The zero-order valence-corrected chi connectivity index (χ0v) is 17.9. The summed E-state index contributed by atoms with van der Waals surface area (Å²) in [4.78, 5) is 30.1. The Morgan fingerprint density at radius 1 is 1.10 bits per heavy atom. The van der Waals surface area contributed by atoms with Crippen LogP contribution in [0.3, 0.4) is 0 Å². The highest BCUT2D eigenvalue weighted by Gasteiger charge is 2.15. The summed E-state index contributed by atoms with van der Waals surface area (Å²) in [6.45, 7) is 6.70. The minimum atomic E-state index is -0.367. The van der Waals surface area contributed by atoms with Gasteiger partial charge in [-0.05, 0) is 31.4 Å². The molecule has 0 bridgehead atoms. The van der Waals surface area contributed by atoms with Crippen LogP contribution in [0.1, 0.15) is 54.0 Å². The van der Waals surface area contributed by atoms with Crippen molar-refractivity contribution in [3.8, 4) is 11.3 Å². The monoisotopic (exact) mass is 410 g/mol. The predicted octanol–water partition coefficient (Wildman–Crippen LogP) is 4.68. The number of benzene rings is 1. The minimum absolute atomic E-state index is 0.200. The largest absolute Gasteiger partial charge is 0.296 e. The minimum Gasteiger partial charge on any atom is -0.296 e. The van der Waals surface area contributed by atoms with Crippen LogP contribution in [0.4, 0.5) is 5.13 Å². The lowest BCUT2D eigenvalue weighted by Gasteiger charge is -2.06. The zero-order chi connectivity index (χ0) is 20.8. The first-order chi connectivity index (χ1) is 14.0. The van der Waals surface area contributed by atoms with E-state index >= 15 is 0 Å². The molecule has 29 heavy (non-hydrogen) atoms. The van der Waals surface area contributed by atoms with Crippen molar-refractivity contribution in [2.75, 3.05) is 5.32 Å². The van der Waals surface area contributed by atoms with Gasteiger partial charge in [0.05, 0.1) is 5.69 Å². The van der Waals surface area contributed by atoms with Crippen LogP contribution < -0.4 is 10.9 Å². The summed E-state index contributed by atoms with van der Waals surface area (Å²) in [5.74, 6) is -0.367. The van der Waals surface area contributed by atoms with Gasteiger partial charge in [0, 0.05) is 23.1 Å². The Bertz CT molecular complexity index is 1040. The average Bonchev–Trinajstić information content (AvgIpc) is 3.08. The van der Waals surface area contributed by atoms with Gasteiger partial charge in [0.15, 0.2) is 5.13 Å². The highest BCUT2D eigenvalue weighted by Crippen LogP contribution is 2.30. The van der Waals surface area contributed by atoms with Crippen molar-refractivity contribution in [3.63, 3.8) is 0 Å². The average molecular weight is 411 g/mol. The Labute approximate surface area is 174 Å². The molecule has 7 heteroatoms. The third-order valence-corrected chi connectivity index (χ3v) is 5.49. The van der Waals surface area contributed by atoms with Gasteiger partial charge in [-0.1, -0.05) is 51.0 Å². The van der Waals surface area contributed by atoms with Gasteiger partial charge in [-0.15, -0.1) is 11.3 Å². The van der Waals surface area contributed by atoms with Gasteiger partial charge in [0.25, 0.3) is 11.5 Å². The van der Waals surface area contributed by atoms with E-state index in [9.17, 15) is 9.59 Å². The molecule has 0 saturated carbocycles. The van der Waals surface area contributed by atoms with Crippen molar-refractivity contribution in [2.24, 2.45) is 0 Å². The summed E-state index contributed by atoms with van der Waals surface area (Å²) in [5, 5.41) is 7.53. The molecule has 0 unspecified atom stereocenters. The van der Waals surface area contributed by atoms with Gasteiger partial charge in [0.1, 0.15) is 5.69 Å². The number of carbonyl (C=O) groups is 1. The molecule has 3 rings (SSSR count). The highest BCUT2D eigenvalue weighted by atomic mass is 32.1. The standard InChI is InChI=1S/C22H26N4O2S/c1-4-6-14-26-19(27)13-12-18(25-26)21(28)24-22-23-20(15(3)29-22)17-10-8-16(7-5-2)9-11-17/h8-13H,4-7,14H2,1-3H3,(H,23,24,28). The summed E-state index contributed by atoms with van der Waals surface area (Å²) < 4.78 is 1.34. The number of nitrogens with zero attached hydrogens (tertiary/aromatic N) is 3. The highest BCUT2D eigenvalue weighted by molar-refractivity contribution is 7.16. The molecule has 0 saturated heterocycles. The number of unbranched alkanes of at least 4 members (excludes halogenated alkanes) is 1. The van der Waals surface area contributed by atoms with Crippen molar-refractivity contribution < 1.29 is 4.79 Å². The van der Waals surface area contributed by atoms with E-state index in [1.54, 1.807) is 0 Å². The van der Waals surface area contributed by atoms with Gasteiger partial charge in [-0.3, -0.25) is 14.9 Å². The number of carbonyl (C=O) groups excluding carboxylic acids is 1. The molecule has 0 atom stereocenters. The molecule has 6 nitrogen and oxygen atoms in total. The number of nitrogens with one attached hydrogen (secondary N) is 1. The molecular weight excluding hydrogens is 384 g/mol. The van der Waals surface area contributed by atoms with E-state index in [1.165, 1.54) is 33.7 Å². The molecule has 2 heterocycles. The van der Waals surface area contributed by atoms with Gasteiger partial charge in [-0.25, -0.2) is 9.67 Å². The third-order valence-electron chi connectivity index (χ3n) is 4.61. The summed E-state index contributed by atoms with van der Waals surface area (Å²) in [6, 6.07) is 11.2. The van der Waals surface area contributed by atoms with E-state index in [0.717, 1.165) is 41.8 Å². The van der Waals surface area contributed by atoms with Crippen LogP contribution in [-0.2, 0) is 13.0 Å². The maximum atomic E-state index is 12.6. The lowest BCUT2D eigenvalue weighted by molar-refractivity contribution is 0.101. The number of anilines is 1. The second-order valence-corrected chi connectivity index (χ2v) is 8.16. The Balaban J connectivity index is 1.76. The molecule has 0 aliphatic rings. The normalized spacial score (nSPS) is 10.9. The fourth-order valence-corrected chi connectivity index (χ4v) is 3.87. The molecule has 0 fully saturated rings. The number of aromatic nitrogens is 3. The van der Waals surface area contributed by atoms with E-state index < -0.39 is 0 Å². The van der Waals surface area contributed by atoms with Crippen molar-refractivity contribution in [3.05, 3.63) is 62.9 Å². The SMILES string of the molecule is CCCCn1nc(C(=O)Nc2nc(-c3ccc(CCC)cc3)c(C)s2)ccc1=O. The van der Waals surface area contributed by atoms with Gasteiger partial charge < -0.3 is 0 Å². The number of hydrogen-bond donors (Lipinski definition) is 1. The fourth-order valence-electron chi connectivity index (χ4n) is 3.03. The van der Waals surface area contributed by atoms with Crippen LogP contribution in [0.2, 0.25) is 0 Å². The molecule has 0 aliphatic heterocycles. The molecule has 2 aromatic heterocycles. The Morgan fingerprint density at radius 3 is 2.55 bits per heavy atom.